The van der Waals surface area contributed by atoms with Crippen LogP contribution in [-0.4, -0.2) is 17.2 Å². The molecule has 0 aliphatic heterocycles. The van der Waals surface area contributed by atoms with Gasteiger partial charge in [-0.3, -0.25) is 0 Å². The van der Waals surface area contributed by atoms with E-state index in [4.69, 9.17) is 5.11 Å². The standard InChI is InChI=1S/C11H11F5O/c1-6-3-4-8(5-7(6)2)9(17)10(12,13)11(14,15)16/h3-5,9,17H,1-2H3. The number of rotatable bonds is 2. The first-order valence-electron chi connectivity index (χ1n) is 4.77. The first-order valence-corrected chi connectivity index (χ1v) is 4.77. The van der Waals surface area contributed by atoms with Crippen molar-refractivity contribution in [2.75, 3.05) is 0 Å². The third-order valence-electron chi connectivity index (χ3n) is 2.57. The molecule has 0 saturated heterocycles. The normalized spacial score (nSPS) is 14.8. The number of aliphatic hydroxyl groups is 1. The first-order chi connectivity index (χ1) is 7.57. The summed E-state index contributed by atoms with van der Waals surface area (Å²) in [5.41, 5.74) is 0.839. The number of hydrogen-bond acceptors (Lipinski definition) is 1. The lowest BCUT2D eigenvalue weighted by molar-refractivity contribution is -0.315. The van der Waals surface area contributed by atoms with Crippen LogP contribution in [-0.2, 0) is 0 Å². The van der Waals surface area contributed by atoms with Crippen LogP contribution in [0.25, 0.3) is 0 Å². The Morgan fingerprint density at radius 2 is 1.53 bits per heavy atom. The predicted octanol–water partition coefficient (Wildman–Crippen LogP) is 3.53. The summed E-state index contributed by atoms with van der Waals surface area (Å²) >= 11 is 0. The van der Waals surface area contributed by atoms with Gasteiger partial charge >= 0.3 is 12.1 Å². The van der Waals surface area contributed by atoms with E-state index in [9.17, 15) is 22.0 Å². The van der Waals surface area contributed by atoms with E-state index in [0.29, 0.717) is 5.56 Å². The molecule has 6 heteroatoms. The molecule has 0 amide bonds. The van der Waals surface area contributed by atoms with E-state index < -0.39 is 23.8 Å². The summed E-state index contributed by atoms with van der Waals surface area (Å²) in [4.78, 5) is 0. The summed E-state index contributed by atoms with van der Waals surface area (Å²) in [6.07, 6.45) is -8.66. The van der Waals surface area contributed by atoms with Crippen LogP contribution in [0.5, 0.6) is 0 Å². The number of alkyl halides is 5. The van der Waals surface area contributed by atoms with Gasteiger partial charge in [-0.2, -0.15) is 22.0 Å². The molecule has 0 aliphatic rings. The molecule has 1 rings (SSSR count). The Bertz CT molecular complexity index is 411. The van der Waals surface area contributed by atoms with Crippen LogP contribution in [0.3, 0.4) is 0 Å². The van der Waals surface area contributed by atoms with E-state index in [-0.39, 0.29) is 0 Å². The number of aryl methyl sites for hydroxylation is 2. The quantitative estimate of drug-likeness (QED) is 0.800. The zero-order valence-electron chi connectivity index (χ0n) is 9.15. The van der Waals surface area contributed by atoms with Gasteiger partial charge in [0.2, 0.25) is 0 Å². The van der Waals surface area contributed by atoms with Crippen LogP contribution in [0, 0.1) is 13.8 Å². The second kappa shape index (κ2) is 4.25. The van der Waals surface area contributed by atoms with E-state index in [2.05, 4.69) is 0 Å². The lowest BCUT2D eigenvalue weighted by atomic mass is 9.99. The number of aliphatic hydroxyl groups excluding tert-OH is 1. The molecule has 1 aromatic rings. The molecular weight excluding hydrogens is 243 g/mol. The summed E-state index contributed by atoms with van der Waals surface area (Å²) < 4.78 is 61.9. The first kappa shape index (κ1) is 13.9. The Morgan fingerprint density at radius 3 is 1.94 bits per heavy atom. The molecule has 0 saturated carbocycles. The minimum Gasteiger partial charge on any atom is -0.382 e. The number of hydrogen-bond donors (Lipinski definition) is 1. The Balaban J connectivity index is 3.12. The molecule has 1 unspecified atom stereocenters. The van der Waals surface area contributed by atoms with Crippen molar-refractivity contribution in [1.29, 1.82) is 0 Å². The molecule has 0 spiro atoms. The maximum Gasteiger partial charge on any atom is 0.456 e. The van der Waals surface area contributed by atoms with Crippen LogP contribution in [0.4, 0.5) is 22.0 Å². The van der Waals surface area contributed by atoms with Crippen molar-refractivity contribution < 1.29 is 27.1 Å². The van der Waals surface area contributed by atoms with Crippen molar-refractivity contribution in [2.24, 2.45) is 0 Å². The van der Waals surface area contributed by atoms with Crippen LogP contribution < -0.4 is 0 Å². The third kappa shape index (κ3) is 2.57. The Hall–Kier alpha value is -1.17. The molecule has 0 bridgehead atoms. The fraction of sp³-hybridized carbons (Fsp3) is 0.455. The maximum absolute atomic E-state index is 12.9. The highest BCUT2D eigenvalue weighted by molar-refractivity contribution is 5.32. The van der Waals surface area contributed by atoms with Crippen molar-refractivity contribution in [3.05, 3.63) is 34.9 Å². The molecule has 1 N–H and O–H groups in total. The molecular formula is C11H11F5O. The second-order valence-electron chi connectivity index (χ2n) is 3.87. The molecule has 0 aliphatic carbocycles. The van der Waals surface area contributed by atoms with E-state index in [1.54, 1.807) is 13.8 Å². The molecule has 0 radical (unpaired) electrons. The third-order valence-corrected chi connectivity index (χ3v) is 2.57. The molecule has 0 heterocycles. The van der Waals surface area contributed by atoms with Gasteiger partial charge in [-0.15, -0.1) is 0 Å². The number of halogens is 5. The van der Waals surface area contributed by atoms with Crippen LogP contribution in [0.2, 0.25) is 0 Å². The topological polar surface area (TPSA) is 20.2 Å². The minimum atomic E-state index is -5.77. The molecule has 0 fully saturated rings. The van der Waals surface area contributed by atoms with Gasteiger partial charge in [0.25, 0.3) is 0 Å². The van der Waals surface area contributed by atoms with Gasteiger partial charge in [-0.05, 0) is 30.5 Å². The largest absolute Gasteiger partial charge is 0.456 e. The molecule has 17 heavy (non-hydrogen) atoms. The molecule has 1 nitrogen and oxygen atoms in total. The summed E-state index contributed by atoms with van der Waals surface area (Å²) in [7, 11) is 0. The summed E-state index contributed by atoms with van der Waals surface area (Å²) in [6.45, 7) is 3.25. The van der Waals surface area contributed by atoms with E-state index in [1.165, 1.54) is 6.07 Å². The second-order valence-corrected chi connectivity index (χ2v) is 3.87. The lowest BCUT2D eigenvalue weighted by Gasteiger charge is -2.25. The fourth-order valence-electron chi connectivity index (χ4n) is 1.30. The number of benzene rings is 1. The van der Waals surface area contributed by atoms with Gasteiger partial charge in [-0.1, -0.05) is 18.2 Å². The summed E-state index contributed by atoms with van der Waals surface area (Å²) in [6, 6.07) is 3.58. The SMILES string of the molecule is Cc1ccc(C(O)C(F)(F)C(F)(F)F)cc1C. The van der Waals surface area contributed by atoms with E-state index in [0.717, 1.165) is 17.7 Å². The van der Waals surface area contributed by atoms with Crippen molar-refractivity contribution in [1.82, 2.24) is 0 Å². The fourth-order valence-corrected chi connectivity index (χ4v) is 1.30. The Labute approximate surface area is 94.9 Å². The van der Waals surface area contributed by atoms with Crippen LogP contribution >= 0.6 is 0 Å². The van der Waals surface area contributed by atoms with E-state index >= 15 is 0 Å². The van der Waals surface area contributed by atoms with Crippen molar-refractivity contribution in [2.45, 2.75) is 32.1 Å². The average molecular weight is 254 g/mol. The molecule has 96 valence electrons. The molecule has 1 aromatic carbocycles. The highest BCUT2D eigenvalue weighted by Gasteiger charge is 2.62. The van der Waals surface area contributed by atoms with Crippen LogP contribution in [0.15, 0.2) is 18.2 Å². The summed E-state index contributed by atoms with van der Waals surface area (Å²) in [5, 5.41) is 9.13. The maximum atomic E-state index is 12.9. The average Bonchev–Trinajstić information content (AvgIpc) is 2.19. The van der Waals surface area contributed by atoms with Crippen molar-refractivity contribution in [3.8, 4) is 0 Å². The van der Waals surface area contributed by atoms with Gasteiger partial charge in [0.1, 0.15) is 0 Å². The monoisotopic (exact) mass is 254 g/mol. The van der Waals surface area contributed by atoms with Crippen LogP contribution in [0.1, 0.15) is 22.8 Å². The Morgan fingerprint density at radius 1 is 1.00 bits per heavy atom. The lowest BCUT2D eigenvalue weighted by Crippen LogP contribution is -2.42. The molecule has 1 atom stereocenters. The van der Waals surface area contributed by atoms with E-state index in [1.807, 2.05) is 0 Å². The van der Waals surface area contributed by atoms with Gasteiger partial charge < -0.3 is 5.11 Å². The van der Waals surface area contributed by atoms with Gasteiger partial charge in [0.15, 0.2) is 6.10 Å². The highest BCUT2D eigenvalue weighted by atomic mass is 19.4. The Kier molecular flexibility index (Phi) is 3.47. The zero-order valence-corrected chi connectivity index (χ0v) is 9.15. The molecule has 0 aromatic heterocycles. The summed E-state index contributed by atoms with van der Waals surface area (Å²) in [5.74, 6) is -5.16. The van der Waals surface area contributed by atoms with Crippen molar-refractivity contribution in [3.63, 3.8) is 0 Å². The van der Waals surface area contributed by atoms with Gasteiger partial charge in [-0.25, -0.2) is 0 Å². The van der Waals surface area contributed by atoms with Crippen molar-refractivity contribution >= 4 is 0 Å². The van der Waals surface area contributed by atoms with Gasteiger partial charge in [0, 0.05) is 0 Å². The zero-order chi connectivity index (χ0) is 13.4. The smallest absolute Gasteiger partial charge is 0.382 e. The highest BCUT2D eigenvalue weighted by Crippen LogP contribution is 2.44. The predicted molar refractivity (Wildman–Crippen MR) is 51.9 cm³/mol. The van der Waals surface area contributed by atoms with Gasteiger partial charge in [0.05, 0.1) is 0 Å². The minimum absolute atomic E-state index is 0.449.